The third kappa shape index (κ3) is 2.66. The quantitative estimate of drug-likeness (QED) is 0.733. The predicted octanol–water partition coefficient (Wildman–Crippen LogP) is 4.64. The maximum atomic E-state index is 12.9. The Morgan fingerprint density at radius 2 is 1.79 bits per heavy atom. The number of benzene rings is 2. The summed E-state index contributed by atoms with van der Waals surface area (Å²) in [5.41, 5.74) is 3.49. The fourth-order valence-electron chi connectivity index (χ4n) is 2.36. The van der Waals surface area contributed by atoms with Crippen molar-refractivity contribution in [3.63, 3.8) is 0 Å². The smallest absolute Gasteiger partial charge is 0.123 e. The first-order chi connectivity index (χ1) is 9.24. The summed E-state index contributed by atoms with van der Waals surface area (Å²) < 4.78 is 18.6. The predicted molar refractivity (Wildman–Crippen MR) is 77.4 cm³/mol. The van der Waals surface area contributed by atoms with Crippen LogP contribution in [0.15, 0.2) is 42.5 Å². The van der Waals surface area contributed by atoms with Crippen LogP contribution in [0.5, 0.6) is 5.75 Å². The first kappa shape index (κ1) is 12.7. The SMILES string of the molecule is Fc1ccc(C(Br)c2ccc3c(c2)CCCO3)cc1. The molecule has 0 fully saturated rings. The standard InChI is InChI=1S/C16H14BrFO/c17-16(11-3-6-14(18)7-4-11)13-5-8-15-12(10-13)2-1-9-19-15/h3-8,10,16H,1-2,9H2. The Bertz CT molecular complexity index is 580. The highest BCUT2D eigenvalue weighted by Gasteiger charge is 2.15. The van der Waals surface area contributed by atoms with Crippen molar-refractivity contribution >= 4 is 15.9 Å². The molecule has 1 nitrogen and oxygen atoms in total. The van der Waals surface area contributed by atoms with Gasteiger partial charge in [-0.15, -0.1) is 0 Å². The van der Waals surface area contributed by atoms with E-state index in [-0.39, 0.29) is 10.6 Å². The number of hydrogen-bond donors (Lipinski definition) is 0. The van der Waals surface area contributed by atoms with E-state index in [2.05, 4.69) is 28.1 Å². The van der Waals surface area contributed by atoms with Crippen LogP contribution >= 0.6 is 15.9 Å². The molecule has 2 aromatic carbocycles. The minimum absolute atomic E-state index is 0.0836. The van der Waals surface area contributed by atoms with Crippen molar-refractivity contribution in [2.75, 3.05) is 6.61 Å². The van der Waals surface area contributed by atoms with Crippen LogP contribution in [0.1, 0.15) is 27.9 Å². The monoisotopic (exact) mass is 320 g/mol. The molecule has 0 amide bonds. The van der Waals surface area contributed by atoms with E-state index < -0.39 is 0 Å². The Morgan fingerprint density at radius 1 is 1.05 bits per heavy atom. The molecule has 1 atom stereocenters. The van der Waals surface area contributed by atoms with Gasteiger partial charge in [0.2, 0.25) is 0 Å². The van der Waals surface area contributed by atoms with Crippen LogP contribution < -0.4 is 4.74 Å². The summed E-state index contributed by atoms with van der Waals surface area (Å²) >= 11 is 3.68. The molecule has 0 aliphatic carbocycles. The highest BCUT2D eigenvalue weighted by molar-refractivity contribution is 9.09. The van der Waals surface area contributed by atoms with E-state index in [4.69, 9.17) is 4.74 Å². The number of alkyl halides is 1. The maximum Gasteiger partial charge on any atom is 0.123 e. The van der Waals surface area contributed by atoms with Gasteiger partial charge in [-0.25, -0.2) is 4.39 Å². The van der Waals surface area contributed by atoms with Crippen LogP contribution in [0.3, 0.4) is 0 Å². The molecule has 3 heteroatoms. The molecule has 0 spiro atoms. The maximum absolute atomic E-state index is 12.9. The van der Waals surface area contributed by atoms with E-state index in [0.29, 0.717) is 0 Å². The average Bonchev–Trinajstić information content (AvgIpc) is 2.47. The van der Waals surface area contributed by atoms with Crippen LogP contribution in [0.25, 0.3) is 0 Å². The van der Waals surface area contributed by atoms with E-state index in [1.165, 1.54) is 23.3 Å². The Morgan fingerprint density at radius 3 is 2.58 bits per heavy atom. The Balaban J connectivity index is 1.91. The van der Waals surface area contributed by atoms with Gasteiger partial charge in [0.05, 0.1) is 11.4 Å². The van der Waals surface area contributed by atoms with Gasteiger partial charge in [0, 0.05) is 0 Å². The number of hydrogen-bond acceptors (Lipinski definition) is 1. The summed E-state index contributed by atoms with van der Waals surface area (Å²) in [7, 11) is 0. The second kappa shape index (κ2) is 5.33. The molecule has 0 radical (unpaired) electrons. The van der Waals surface area contributed by atoms with Gasteiger partial charge in [-0.3, -0.25) is 0 Å². The van der Waals surface area contributed by atoms with Crippen molar-refractivity contribution in [2.45, 2.75) is 17.7 Å². The fraction of sp³-hybridized carbons (Fsp3) is 0.250. The number of ether oxygens (including phenoxy) is 1. The van der Waals surface area contributed by atoms with Gasteiger partial charge in [0.15, 0.2) is 0 Å². The van der Waals surface area contributed by atoms with Gasteiger partial charge in [-0.1, -0.05) is 40.2 Å². The molecule has 19 heavy (non-hydrogen) atoms. The van der Waals surface area contributed by atoms with Crippen molar-refractivity contribution in [1.82, 2.24) is 0 Å². The average molecular weight is 321 g/mol. The number of fused-ring (bicyclic) bond motifs is 1. The minimum atomic E-state index is -0.206. The zero-order chi connectivity index (χ0) is 13.2. The van der Waals surface area contributed by atoms with E-state index in [1.807, 2.05) is 18.2 Å². The van der Waals surface area contributed by atoms with Crippen molar-refractivity contribution < 1.29 is 9.13 Å². The highest BCUT2D eigenvalue weighted by atomic mass is 79.9. The van der Waals surface area contributed by atoms with Crippen LogP contribution in [0, 0.1) is 5.82 Å². The number of halogens is 2. The summed E-state index contributed by atoms with van der Waals surface area (Å²) in [6.07, 6.45) is 2.13. The summed E-state index contributed by atoms with van der Waals surface area (Å²) in [5, 5.41) is 0. The van der Waals surface area contributed by atoms with Crippen molar-refractivity contribution in [3.05, 3.63) is 65.0 Å². The van der Waals surface area contributed by atoms with Crippen LogP contribution in [0.4, 0.5) is 4.39 Å². The second-order valence-electron chi connectivity index (χ2n) is 4.73. The molecular weight excluding hydrogens is 307 g/mol. The van der Waals surface area contributed by atoms with Crippen molar-refractivity contribution in [2.24, 2.45) is 0 Å². The number of rotatable bonds is 2. The Kier molecular flexibility index (Phi) is 3.56. The molecule has 1 aliphatic rings. The zero-order valence-electron chi connectivity index (χ0n) is 10.4. The third-order valence-corrected chi connectivity index (χ3v) is 4.45. The molecule has 0 bridgehead atoms. The van der Waals surface area contributed by atoms with E-state index in [1.54, 1.807) is 0 Å². The Labute approximate surface area is 120 Å². The van der Waals surface area contributed by atoms with Gasteiger partial charge in [0.25, 0.3) is 0 Å². The molecule has 0 saturated heterocycles. The van der Waals surface area contributed by atoms with Gasteiger partial charge in [0.1, 0.15) is 11.6 Å². The molecule has 1 aliphatic heterocycles. The lowest BCUT2D eigenvalue weighted by molar-refractivity contribution is 0.288. The van der Waals surface area contributed by atoms with Crippen molar-refractivity contribution in [3.8, 4) is 5.75 Å². The van der Waals surface area contributed by atoms with E-state index in [0.717, 1.165) is 30.8 Å². The second-order valence-corrected chi connectivity index (χ2v) is 5.65. The van der Waals surface area contributed by atoms with Crippen LogP contribution in [-0.2, 0) is 6.42 Å². The lowest BCUT2D eigenvalue weighted by Gasteiger charge is -2.19. The molecule has 2 aromatic rings. The Hall–Kier alpha value is -1.35. The summed E-state index contributed by atoms with van der Waals surface area (Å²) in [4.78, 5) is 0.0836. The third-order valence-electron chi connectivity index (χ3n) is 3.39. The van der Waals surface area contributed by atoms with Gasteiger partial charge < -0.3 is 4.74 Å². The molecule has 1 unspecified atom stereocenters. The van der Waals surface area contributed by atoms with Crippen molar-refractivity contribution in [1.29, 1.82) is 0 Å². The molecule has 0 saturated carbocycles. The van der Waals surface area contributed by atoms with Gasteiger partial charge >= 0.3 is 0 Å². The highest BCUT2D eigenvalue weighted by Crippen LogP contribution is 2.34. The molecular formula is C16H14BrFO. The first-order valence-corrected chi connectivity index (χ1v) is 7.31. The minimum Gasteiger partial charge on any atom is -0.493 e. The summed E-state index contributed by atoms with van der Waals surface area (Å²) in [6.45, 7) is 0.808. The topological polar surface area (TPSA) is 9.23 Å². The molecule has 1 heterocycles. The molecule has 0 N–H and O–H groups in total. The summed E-state index contributed by atoms with van der Waals surface area (Å²) in [5.74, 6) is 0.788. The first-order valence-electron chi connectivity index (χ1n) is 6.39. The lowest BCUT2D eigenvalue weighted by atomic mass is 9.99. The van der Waals surface area contributed by atoms with Crippen LogP contribution in [0.2, 0.25) is 0 Å². The molecule has 0 aromatic heterocycles. The summed E-state index contributed by atoms with van der Waals surface area (Å²) in [6, 6.07) is 12.9. The van der Waals surface area contributed by atoms with Gasteiger partial charge in [-0.2, -0.15) is 0 Å². The normalized spacial score (nSPS) is 15.5. The van der Waals surface area contributed by atoms with E-state index in [9.17, 15) is 4.39 Å². The van der Waals surface area contributed by atoms with E-state index >= 15 is 0 Å². The lowest BCUT2D eigenvalue weighted by Crippen LogP contribution is -2.08. The molecule has 98 valence electrons. The van der Waals surface area contributed by atoms with Gasteiger partial charge in [-0.05, 0) is 47.7 Å². The fourth-order valence-corrected chi connectivity index (χ4v) is 2.95. The zero-order valence-corrected chi connectivity index (χ0v) is 12.0. The van der Waals surface area contributed by atoms with Crippen LogP contribution in [-0.4, -0.2) is 6.61 Å². The largest absolute Gasteiger partial charge is 0.493 e. The number of aryl methyl sites for hydroxylation is 1. The molecule has 3 rings (SSSR count).